The maximum atomic E-state index is 13.1. The van der Waals surface area contributed by atoms with E-state index >= 15 is 0 Å². The standard InChI is InChI=1S/C8H6F4N2O3/c9-3-1-2-4(14(16)17)6(15)5(3)7(13)8(10,11)12/h1-2,7,15H,13H2/t7-/m1/s1. The Bertz CT molecular complexity index is 461. The topological polar surface area (TPSA) is 89.4 Å². The molecule has 0 aromatic heterocycles. The fraction of sp³-hybridized carbons (Fsp3) is 0.250. The number of halogens is 4. The zero-order valence-corrected chi connectivity index (χ0v) is 8.03. The van der Waals surface area contributed by atoms with Gasteiger partial charge < -0.3 is 10.8 Å². The second-order valence-electron chi connectivity index (χ2n) is 3.11. The lowest BCUT2D eigenvalue weighted by Crippen LogP contribution is -2.29. The maximum Gasteiger partial charge on any atom is 0.407 e. The van der Waals surface area contributed by atoms with Crippen LogP contribution >= 0.6 is 0 Å². The van der Waals surface area contributed by atoms with E-state index in [9.17, 15) is 32.8 Å². The van der Waals surface area contributed by atoms with Gasteiger partial charge in [-0.1, -0.05) is 0 Å². The third-order valence-corrected chi connectivity index (χ3v) is 2.00. The highest BCUT2D eigenvalue weighted by atomic mass is 19.4. The van der Waals surface area contributed by atoms with E-state index in [1.165, 1.54) is 0 Å². The number of nitrogens with two attached hydrogens (primary N) is 1. The number of phenolic OH excluding ortho intramolecular Hbond substituents is 1. The fourth-order valence-electron chi connectivity index (χ4n) is 1.18. The molecule has 0 aliphatic heterocycles. The molecular formula is C8H6F4N2O3. The fourth-order valence-corrected chi connectivity index (χ4v) is 1.18. The first kappa shape index (κ1) is 13.2. The minimum Gasteiger partial charge on any atom is -0.502 e. The number of rotatable bonds is 2. The van der Waals surface area contributed by atoms with Crippen molar-refractivity contribution in [2.75, 3.05) is 0 Å². The number of nitro benzene ring substituents is 1. The summed E-state index contributed by atoms with van der Waals surface area (Å²) in [4.78, 5) is 9.22. The Hall–Kier alpha value is -1.90. The SMILES string of the molecule is N[C@H](c1c(F)ccc([N+](=O)[O-])c1O)C(F)(F)F. The van der Waals surface area contributed by atoms with Crippen LogP contribution < -0.4 is 5.73 Å². The highest BCUT2D eigenvalue weighted by Crippen LogP contribution is 2.40. The average Bonchev–Trinajstić information content (AvgIpc) is 2.15. The van der Waals surface area contributed by atoms with Crippen LogP contribution in [0.3, 0.4) is 0 Å². The summed E-state index contributed by atoms with van der Waals surface area (Å²) in [6.07, 6.45) is -5.02. The molecule has 1 aromatic rings. The number of benzene rings is 1. The van der Waals surface area contributed by atoms with Crippen LogP contribution in [0.15, 0.2) is 12.1 Å². The quantitative estimate of drug-likeness (QED) is 0.480. The Balaban J connectivity index is 3.42. The van der Waals surface area contributed by atoms with Crippen molar-refractivity contribution in [2.24, 2.45) is 5.73 Å². The lowest BCUT2D eigenvalue weighted by atomic mass is 10.0. The van der Waals surface area contributed by atoms with Gasteiger partial charge in [0.15, 0.2) is 0 Å². The molecule has 94 valence electrons. The Morgan fingerprint density at radius 2 is 1.94 bits per heavy atom. The molecule has 17 heavy (non-hydrogen) atoms. The van der Waals surface area contributed by atoms with E-state index in [1.54, 1.807) is 0 Å². The number of aromatic hydroxyl groups is 1. The number of nitro groups is 1. The first-order valence-electron chi connectivity index (χ1n) is 4.14. The number of hydrogen-bond donors (Lipinski definition) is 2. The smallest absolute Gasteiger partial charge is 0.407 e. The van der Waals surface area contributed by atoms with Crippen molar-refractivity contribution in [3.8, 4) is 5.75 Å². The van der Waals surface area contributed by atoms with Crippen LogP contribution in [0.4, 0.5) is 23.2 Å². The zero-order chi connectivity index (χ0) is 13.4. The van der Waals surface area contributed by atoms with E-state index in [2.05, 4.69) is 0 Å². The number of nitrogens with zero attached hydrogens (tertiary/aromatic N) is 1. The van der Waals surface area contributed by atoms with E-state index in [1.807, 2.05) is 0 Å². The van der Waals surface area contributed by atoms with Crippen molar-refractivity contribution in [3.63, 3.8) is 0 Å². The van der Waals surface area contributed by atoms with Gasteiger partial charge in [-0.2, -0.15) is 13.2 Å². The molecule has 1 atom stereocenters. The van der Waals surface area contributed by atoms with Gasteiger partial charge in [0.05, 0.1) is 10.5 Å². The molecule has 9 heteroatoms. The molecule has 0 amide bonds. The highest BCUT2D eigenvalue weighted by molar-refractivity contribution is 5.52. The summed E-state index contributed by atoms with van der Waals surface area (Å²) in [6, 6.07) is -1.84. The van der Waals surface area contributed by atoms with Gasteiger partial charge in [-0.25, -0.2) is 4.39 Å². The lowest BCUT2D eigenvalue weighted by Gasteiger charge is -2.17. The molecule has 0 unspecified atom stereocenters. The van der Waals surface area contributed by atoms with Gasteiger partial charge in [-0.05, 0) is 6.07 Å². The Labute approximate surface area is 91.6 Å². The van der Waals surface area contributed by atoms with Crippen LogP contribution in [0.2, 0.25) is 0 Å². The molecular weight excluding hydrogens is 248 g/mol. The van der Waals surface area contributed by atoms with Crippen molar-refractivity contribution in [1.29, 1.82) is 0 Å². The predicted molar refractivity (Wildman–Crippen MR) is 47.7 cm³/mol. The van der Waals surface area contributed by atoms with E-state index in [4.69, 9.17) is 5.73 Å². The largest absolute Gasteiger partial charge is 0.502 e. The van der Waals surface area contributed by atoms with E-state index in [0.717, 1.165) is 0 Å². The van der Waals surface area contributed by atoms with Crippen LogP contribution in [-0.4, -0.2) is 16.2 Å². The second-order valence-corrected chi connectivity index (χ2v) is 3.11. The molecule has 5 nitrogen and oxygen atoms in total. The van der Waals surface area contributed by atoms with Crippen molar-refractivity contribution in [2.45, 2.75) is 12.2 Å². The third-order valence-electron chi connectivity index (χ3n) is 2.00. The molecule has 0 spiro atoms. The van der Waals surface area contributed by atoms with Crippen molar-refractivity contribution in [3.05, 3.63) is 33.6 Å². The van der Waals surface area contributed by atoms with Crippen molar-refractivity contribution >= 4 is 5.69 Å². The minimum absolute atomic E-state index is 0.443. The van der Waals surface area contributed by atoms with Gasteiger partial charge in [0.2, 0.25) is 5.75 Å². The summed E-state index contributed by atoms with van der Waals surface area (Å²) in [5.41, 5.74) is 2.31. The first-order chi connectivity index (χ1) is 7.66. The summed E-state index contributed by atoms with van der Waals surface area (Å²) < 4.78 is 49.9. The molecule has 0 saturated heterocycles. The van der Waals surface area contributed by atoms with Crippen molar-refractivity contribution in [1.82, 2.24) is 0 Å². The Morgan fingerprint density at radius 1 is 1.41 bits per heavy atom. The molecule has 0 radical (unpaired) electrons. The number of phenols is 1. The predicted octanol–water partition coefficient (Wildman–Crippen LogP) is 2.00. The lowest BCUT2D eigenvalue weighted by molar-refractivity contribution is -0.386. The highest BCUT2D eigenvalue weighted by Gasteiger charge is 2.42. The number of alkyl halides is 3. The van der Waals surface area contributed by atoms with Gasteiger partial charge in [0, 0.05) is 6.07 Å². The average molecular weight is 254 g/mol. The summed E-state index contributed by atoms with van der Waals surface area (Å²) >= 11 is 0. The monoisotopic (exact) mass is 254 g/mol. The summed E-state index contributed by atoms with van der Waals surface area (Å²) in [7, 11) is 0. The summed E-state index contributed by atoms with van der Waals surface area (Å²) in [5, 5.41) is 19.6. The molecule has 0 aliphatic carbocycles. The molecule has 0 bridgehead atoms. The van der Waals surface area contributed by atoms with E-state index in [-0.39, 0.29) is 0 Å². The Morgan fingerprint density at radius 3 is 2.35 bits per heavy atom. The van der Waals surface area contributed by atoms with Gasteiger partial charge in [-0.15, -0.1) is 0 Å². The second kappa shape index (κ2) is 4.17. The van der Waals surface area contributed by atoms with Gasteiger partial charge in [0.1, 0.15) is 11.9 Å². The maximum absolute atomic E-state index is 13.1. The molecule has 0 saturated carbocycles. The van der Waals surface area contributed by atoms with Gasteiger partial charge >= 0.3 is 11.9 Å². The molecule has 1 rings (SSSR count). The normalized spacial score (nSPS) is 13.5. The van der Waals surface area contributed by atoms with Crippen LogP contribution in [0.5, 0.6) is 5.75 Å². The Kier molecular flexibility index (Phi) is 3.23. The first-order valence-corrected chi connectivity index (χ1v) is 4.14. The molecule has 3 N–H and O–H groups in total. The summed E-state index contributed by atoms with van der Waals surface area (Å²) in [5.74, 6) is -2.88. The van der Waals surface area contributed by atoms with Crippen LogP contribution in [0.25, 0.3) is 0 Å². The number of hydrogen-bond acceptors (Lipinski definition) is 4. The zero-order valence-electron chi connectivity index (χ0n) is 8.03. The molecule has 0 heterocycles. The van der Waals surface area contributed by atoms with Crippen LogP contribution in [-0.2, 0) is 0 Å². The van der Waals surface area contributed by atoms with Crippen molar-refractivity contribution < 1.29 is 27.6 Å². The van der Waals surface area contributed by atoms with E-state index < -0.39 is 40.0 Å². The van der Waals surface area contributed by atoms with Crippen LogP contribution in [0.1, 0.15) is 11.6 Å². The minimum atomic E-state index is -5.02. The van der Waals surface area contributed by atoms with Crippen LogP contribution in [0, 0.1) is 15.9 Å². The molecule has 1 aromatic carbocycles. The van der Waals surface area contributed by atoms with Gasteiger partial charge in [-0.3, -0.25) is 10.1 Å². The van der Waals surface area contributed by atoms with Gasteiger partial charge in [0.25, 0.3) is 0 Å². The molecule has 0 fully saturated rings. The molecule has 0 aliphatic rings. The summed E-state index contributed by atoms with van der Waals surface area (Å²) in [6.45, 7) is 0. The third kappa shape index (κ3) is 2.44. The van der Waals surface area contributed by atoms with E-state index in [0.29, 0.717) is 12.1 Å².